The molecule has 0 rings (SSSR count). The Balaban J connectivity index is 0. The van der Waals surface area contributed by atoms with Crippen LogP contribution in [0.2, 0.25) is 0 Å². The molecule has 0 aliphatic carbocycles. The van der Waals surface area contributed by atoms with Crippen LogP contribution in [-0.4, -0.2) is 0 Å². The maximum Gasteiger partial charge on any atom is 0 e. The zero-order valence-electron chi connectivity index (χ0n) is 4.99. The molecule has 0 atom stereocenters. The second-order valence-electron chi connectivity index (χ2n) is 1.56. The van der Waals surface area contributed by atoms with Gasteiger partial charge < -0.3 is 25.0 Å². The molecule has 0 aromatic heterocycles. The van der Waals surface area contributed by atoms with E-state index in [1.165, 1.54) is 0 Å². The van der Waals surface area contributed by atoms with Crippen molar-refractivity contribution < 1.29 is 32.7 Å². The summed E-state index contributed by atoms with van der Waals surface area (Å²) in [6.45, 7) is 11.2. The largest absolute Gasteiger partial charge is 0.367 e. The molecule has 0 bridgehead atoms. The Kier molecular flexibility index (Phi) is 7.13. The molecule has 0 saturated carbocycles. The van der Waals surface area contributed by atoms with E-state index in [0.717, 1.165) is 11.1 Å². The van der Waals surface area contributed by atoms with Gasteiger partial charge in [0.25, 0.3) is 0 Å². The van der Waals surface area contributed by atoms with E-state index in [1.807, 2.05) is 13.8 Å². The second-order valence-corrected chi connectivity index (χ2v) is 1.56. The summed E-state index contributed by atoms with van der Waals surface area (Å²) in [6, 6.07) is 0. The van der Waals surface area contributed by atoms with E-state index < -0.39 is 0 Å². The van der Waals surface area contributed by atoms with Gasteiger partial charge in [-0.15, -0.1) is 13.8 Å². The summed E-state index contributed by atoms with van der Waals surface area (Å²) in [5.41, 5.74) is 2.13. The molecule has 0 fully saturated rings. The Morgan fingerprint density at radius 1 is 1.00 bits per heavy atom. The molecule has 0 aliphatic rings. The molecule has 0 heterocycles. The minimum Gasteiger partial charge on any atom is -0.367 e. The monoisotopic (exact) mass is 171 g/mol. The van der Waals surface area contributed by atoms with Crippen molar-refractivity contribution in [2.45, 2.75) is 13.8 Å². The van der Waals surface area contributed by atoms with Crippen LogP contribution >= 0.6 is 0 Å². The first-order chi connectivity index (χ1) is 2.64. The van der Waals surface area contributed by atoms with Crippen molar-refractivity contribution in [1.29, 1.82) is 0 Å². The molecule has 7 heavy (non-hydrogen) atoms. The van der Waals surface area contributed by atoms with Gasteiger partial charge in [0.05, 0.1) is 0 Å². The van der Waals surface area contributed by atoms with Crippen LogP contribution in [0.5, 0.6) is 0 Å². The summed E-state index contributed by atoms with van der Waals surface area (Å²) >= 11 is 0. The molecule has 0 amide bonds. The third kappa shape index (κ3) is 6.58. The fraction of sp³-hybridized carbons (Fsp3) is 0.333. The number of allylic oxidation sites excluding steroid dienone is 2. The van der Waals surface area contributed by atoms with Crippen LogP contribution in [0.4, 0.5) is 0 Å². The average Bonchev–Trinajstić information content (AvgIpc) is 1.36. The van der Waals surface area contributed by atoms with Crippen LogP contribution in [0.15, 0.2) is 11.1 Å². The van der Waals surface area contributed by atoms with Crippen LogP contribution in [-0.2, 0) is 32.7 Å². The predicted octanol–water partition coefficient (Wildman–Crippen LogP) is 1.99. The first-order valence-electron chi connectivity index (χ1n) is 1.96. The van der Waals surface area contributed by atoms with Gasteiger partial charge in [-0.05, 0) is 0 Å². The van der Waals surface area contributed by atoms with Gasteiger partial charge in [-0.2, -0.15) is 0 Å². The van der Waals surface area contributed by atoms with E-state index in [1.54, 1.807) is 0 Å². The van der Waals surface area contributed by atoms with Crippen molar-refractivity contribution in [2.75, 3.05) is 0 Å². The summed E-state index contributed by atoms with van der Waals surface area (Å²) in [6.07, 6.45) is 0. The van der Waals surface area contributed by atoms with Crippen LogP contribution < -0.4 is 0 Å². The van der Waals surface area contributed by atoms with Crippen molar-refractivity contribution >= 4 is 0 Å². The third-order valence-electron chi connectivity index (χ3n) is 0.729. The van der Waals surface area contributed by atoms with Crippen molar-refractivity contribution in [3.05, 3.63) is 25.0 Å². The van der Waals surface area contributed by atoms with Crippen LogP contribution in [0, 0.1) is 13.8 Å². The summed E-state index contributed by atoms with van der Waals surface area (Å²) < 4.78 is 0. The molecule has 0 unspecified atom stereocenters. The Morgan fingerprint density at radius 3 is 1.14 bits per heavy atom. The molecule has 0 N–H and O–H groups in total. The zero-order valence-corrected chi connectivity index (χ0v) is 7.83. The van der Waals surface area contributed by atoms with Crippen LogP contribution in [0.25, 0.3) is 0 Å². The Labute approximate surface area is 71.3 Å². The molecule has 0 aromatic rings. The Morgan fingerprint density at radius 2 is 1.14 bits per heavy atom. The van der Waals surface area contributed by atoms with Gasteiger partial charge in [-0.1, -0.05) is 0 Å². The van der Waals surface area contributed by atoms with Crippen molar-refractivity contribution in [1.82, 2.24) is 0 Å². The van der Waals surface area contributed by atoms with Crippen LogP contribution in [0.1, 0.15) is 13.8 Å². The van der Waals surface area contributed by atoms with Crippen molar-refractivity contribution in [2.24, 2.45) is 0 Å². The van der Waals surface area contributed by atoms with Crippen LogP contribution in [0.3, 0.4) is 0 Å². The van der Waals surface area contributed by atoms with Gasteiger partial charge in [-0.25, -0.2) is 0 Å². The SMILES string of the molecule is [CH2-]/C(C)=C(\[CH2-])C.[Y]. The minimum absolute atomic E-state index is 0. The van der Waals surface area contributed by atoms with Gasteiger partial charge >= 0.3 is 0 Å². The van der Waals surface area contributed by atoms with Gasteiger partial charge in [0, 0.05) is 32.7 Å². The van der Waals surface area contributed by atoms with Crippen molar-refractivity contribution in [3.8, 4) is 0 Å². The normalized spacial score (nSPS) is 11.7. The maximum absolute atomic E-state index is 3.66. The summed E-state index contributed by atoms with van der Waals surface area (Å²) in [5, 5.41) is 0. The summed E-state index contributed by atoms with van der Waals surface area (Å²) in [4.78, 5) is 0. The molecule has 1 heteroatoms. The smallest absolute Gasteiger partial charge is 0 e. The molecule has 0 aliphatic heterocycles. The fourth-order valence-corrected chi connectivity index (χ4v) is 0. The second kappa shape index (κ2) is 4.74. The molecule has 39 valence electrons. The van der Waals surface area contributed by atoms with Gasteiger partial charge in [0.15, 0.2) is 0 Å². The maximum atomic E-state index is 3.66. The fourth-order valence-electron chi connectivity index (χ4n) is 0. The number of rotatable bonds is 0. The summed E-state index contributed by atoms with van der Waals surface area (Å²) in [5.74, 6) is 0. The van der Waals surface area contributed by atoms with E-state index in [-0.39, 0.29) is 32.7 Å². The molecule has 0 spiro atoms. The standard InChI is InChI=1S/C6H10.Y/c1-5(2)6(3)4;/h1,3H2,2,4H3;/q-2;/b6-5-;. The van der Waals surface area contributed by atoms with E-state index >= 15 is 0 Å². The predicted molar refractivity (Wildman–Crippen MR) is 29.1 cm³/mol. The average molecular weight is 171 g/mol. The van der Waals surface area contributed by atoms with E-state index in [2.05, 4.69) is 13.8 Å². The first-order valence-corrected chi connectivity index (χ1v) is 1.96. The molecule has 0 saturated heterocycles. The molecule has 1 radical (unpaired) electrons. The quantitative estimate of drug-likeness (QED) is 0.489. The number of hydrogen-bond donors (Lipinski definition) is 0. The molecule has 0 aromatic carbocycles. The topological polar surface area (TPSA) is 0 Å². The molecular formula is C6H10Y-2. The third-order valence-corrected chi connectivity index (χ3v) is 0.729. The van der Waals surface area contributed by atoms with Gasteiger partial charge in [0.2, 0.25) is 0 Å². The zero-order chi connectivity index (χ0) is 5.15. The number of hydrogen-bond acceptors (Lipinski definition) is 0. The Bertz CT molecular complexity index is 54.2. The van der Waals surface area contributed by atoms with E-state index in [4.69, 9.17) is 0 Å². The van der Waals surface area contributed by atoms with E-state index in [0.29, 0.717) is 0 Å². The first kappa shape index (κ1) is 10.5. The van der Waals surface area contributed by atoms with Crippen molar-refractivity contribution in [3.63, 3.8) is 0 Å². The van der Waals surface area contributed by atoms with Gasteiger partial charge in [-0.3, -0.25) is 0 Å². The summed E-state index contributed by atoms with van der Waals surface area (Å²) in [7, 11) is 0. The Hall–Kier alpha value is 0.584. The van der Waals surface area contributed by atoms with Gasteiger partial charge in [0.1, 0.15) is 0 Å². The molecule has 0 nitrogen and oxygen atoms in total. The van der Waals surface area contributed by atoms with E-state index in [9.17, 15) is 0 Å². The molecular weight excluding hydrogens is 161 g/mol. The minimum atomic E-state index is 0.